The van der Waals surface area contributed by atoms with Gasteiger partial charge in [-0.25, -0.2) is 0 Å². The molecule has 1 aromatic heterocycles. The van der Waals surface area contributed by atoms with Crippen molar-refractivity contribution in [2.45, 2.75) is 43.1 Å². The van der Waals surface area contributed by atoms with Crippen molar-refractivity contribution in [2.75, 3.05) is 19.8 Å². The predicted molar refractivity (Wildman–Crippen MR) is 114 cm³/mol. The molecule has 0 radical (unpaired) electrons. The van der Waals surface area contributed by atoms with Crippen molar-refractivity contribution < 1.29 is 5.11 Å². The zero-order chi connectivity index (χ0) is 15.9. The second-order valence-corrected chi connectivity index (χ2v) is 8.36. The number of hydrogen-bond acceptors (Lipinski definition) is 4. The molecular weight excluding hydrogens is 465 g/mol. The highest BCUT2D eigenvalue weighted by Crippen LogP contribution is 2.27. The molecular formula is C15H25ClIN3OS2. The van der Waals surface area contributed by atoms with Crippen LogP contribution in [0, 0.1) is 0 Å². The van der Waals surface area contributed by atoms with E-state index >= 15 is 0 Å². The Morgan fingerprint density at radius 3 is 2.91 bits per heavy atom. The van der Waals surface area contributed by atoms with Gasteiger partial charge in [-0.2, -0.15) is 11.8 Å². The normalized spacial score (nSPS) is 23.0. The minimum atomic E-state index is -0.568. The van der Waals surface area contributed by atoms with Crippen LogP contribution in [0.5, 0.6) is 0 Å². The second-order valence-electron chi connectivity index (χ2n) is 5.48. The number of thiophene rings is 1. The van der Waals surface area contributed by atoms with E-state index in [4.69, 9.17) is 11.6 Å². The first-order valence-corrected chi connectivity index (χ1v) is 10.0. The van der Waals surface area contributed by atoms with E-state index in [9.17, 15) is 5.11 Å². The molecule has 1 aromatic rings. The highest BCUT2D eigenvalue weighted by Gasteiger charge is 2.22. The number of aliphatic hydroxyl groups is 1. The molecule has 0 amide bonds. The summed E-state index contributed by atoms with van der Waals surface area (Å²) in [7, 11) is 1.76. The Hall–Kier alpha value is 0.300. The number of halogens is 2. The van der Waals surface area contributed by atoms with Crippen LogP contribution >= 0.6 is 58.7 Å². The van der Waals surface area contributed by atoms with Crippen LogP contribution in [-0.2, 0) is 0 Å². The lowest BCUT2D eigenvalue weighted by Gasteiger charge is -2.30. The van der Waals surface area contributed by atoms with E-state index < -0.39 is 6.10 Å². The molecule has 1 aliphatic rings. The fourth-order valence-corrected chi connectivity index (χ4v) is 4.55. The zero-order valence-electron chi connectivity index (χ0n) is 13.4. The van der Waals surface area contributed by atoms with E-state index in [-0.39, 0.29) is 24.0 Å². The Kier molecular flexibility index (Phi) is 10.2. The molecule has 0 aromatic carbocycles. The molecule has 1 heterocycles. The third-order valence-corrected chi connectivity index (χ3v) is 6.34. The van der Waals surface area contributed by atoms with Gasteiger partial charge in [0.05, 0.1) is 4.34 Å². The maximum Gasteiger partial charge on any atom is 0.191 e. The average Bonchev–Trinajstić information content (AvgIpc) is 2.97. The van der Waals surface area contributed by atoms with Crippen LogP contribution in [0.1, 0.15) is 36.7 Å². The fourth-order valence-electron chi connectivity index (χ4n) is 2.68. The van der Waals surface area contributed by atoms with Gasteiger partial charge >= 0.3 is 0 Å². The first-order valence-electron chi connectivity index (χ1n) is 7.55. The van der Waals surface area contributed by atoms with Crippen LogP contribution in [0.2, 0.25) is 4.34 Å². The lowest BCUT2D eigenvalue weighted by Crippen LogP contribution is -2.46. The van der Waals surface area contributed by atoms with Crippen LogP contribution in [0.15, 0.2) is 17.1 Å². The lowest BCUT2D eigenvalue weighted by molar-refractivity contribution is 0.184. The SMILES string of the molecule is CN=C(NCC(O)c1ccc(Cl)s1)NC1CCCC(SC)C1.I. The molecule has 1 aliphatic carbocycles. The monoisotopic (exact) mass is 489 g/mol. The molecule has 1 saturated carbocycles. The highest BCUT2D eigenvalue weighted by atomic mass is 127. The van der Waals surface area contributed by atoms with E-state index in [1.165, 1.54) is 37.0 Å². The van der Waals surface area contributed by atoms with Gasteiger partial charge in [-0.05, 0) is 37.7 Å². The summed E-state index contributed by atoms with van der Waals surface area (Å²) < 4.78 is 0.696. The molecule has 0 aliphatic heterocycles. The standard InChI is InChI=1S/C15H24ClN3OS2.HI/c1-17-15(19-10-4-3-5-11(8-10)21-2)18-9-12(20)13-6-7-14(16)22-13;/h6-7,10-12,20H,3-5,8-9H2,1-2H3,(H2,17,18,19);1H. The third kappa shape index (κ3) is 6.97. The third-order valence-electron chi connectivity index (χ3n) is 3.91. The van der Waals surface area contributed by atoms with Crippen LogP contribution in [-0.4, -0.2) is 42.2 Å². The molecule has 0 saturated heterocycles. The van der Waals surface area contributed by atoms with E-state index in [1.54, 1.807) is 7.05 Å². The van der Waals surface area contributed by atoms with Crippen molar-refractivity contribution in [2.24, 2.45) is 4.99 Å². The number of rotatable bonds is 5. The Morgan fingerprint density at radius 1 is 1.52 bits per heavy atom. The molecule has 4 nitrogen and oxygen atoms in total. The molecule has 132 valence electrons. The predicted octanol–water partition coefficient (Wildman–Crippen LogP) is 3.89. The van der Waals surface area contributed by atoms with Crippen LogP contribution in [0.3, 0.4) is 0 Å². The Morgan fingerprint density at radius 2 is 2.30 bits per heavy atom. The number of nitrogens with zero attached hydrogens (tertiary/aromatic N) is 1. The average molecular weight is 490 g/mol. The lowest BCUT2D eigenvalue weighted by atomic mass is 9.95. The quantitative estimate of drug-likeness (QED) is 0.334. The largest absolute Gasteiger partial charge is 0.386 e. The van der Waals surface area contributed by atoms with Crippen molar-refractivity contribution in [3.63, 3.8) is 0 Å². The zero-order valence-corrected chi connectivity index (χ0v) is 18.1. The van der Waals surface area contributed by atoms with Gasteiger partial charge in [0, 0.05) is 29.8 Å². The summed E-state index contributed by atoms with van der Waals surface area (Å²) >= 11 is 9.26. The van der Waals surface area contributed by atoms with Crippen molar-refractivity contribution in [3.05, 3.63) is 21.3 Å². The number of nitrogens with one attached hydrogen (secondary N) is 2. The Bertz CT molecular complexity index is 501. The molecule has 0 bridgehead atoms. The number of hydrogen-bond donors (Lipinski definition) is 3. The molecule has 3 atom stereocenters. The number of aliphatic imine (C=N–C) groups is 1. The number of aliphatic hydroxyl groups excluding tert-OH is 1. The molecule has 3 N–H and O–H groups in total. The van der Waals surface area contributed by atoms with Gasteiger partial charge in [0.15, 0.2) is 5.96 Å². The highest BCUT2D eigenvalue weighted by molar-refractivity contribution is 14.0. The first kappa shape index (κ1) is 21.3. The van der Waals surface area contributed by atoms with E-state index in [1.807, 2.05) is 23.9 Å². The van der Waals surface area contributed by atoms with E-state index in [2.05, 4.69) is 21.9 Å². The Labute approximate surface area is 168 Å². The Balaban J connectivity index is 0.00000264. The van der Waals surface area contributed by atoms with Gasteiger partial charge in [-0.1, -0.05) is 18.0 Å². The van der Waals surface area contributed by atoms with Crippen LogP contribution in [0.4, 0.5) is 0 Å². The van der Waals surface area contributed by atoms with Gasteiger partial charge in [0.25, 0.3) is 0 Å². The summed E-state index contributed by atoms with van der Waals surface area (Å²) in [4.78, 5) is 5.13. The smallest absolute Gasteiger partial charge is 0.191 e. The van der Waals surface area contributed by atoms with Crippen LogP contribution in [0.25, 0.3) is 0 Å². The maximum atomic E-state index is 10.2. The van der Waals surface area contributed by atoms with Gasteiger partial charge in [-0.15, -0.1) is 35.3 Å². The van der Waals surface area contributed by atoms with Crippen LogP contribution < -0.4 is 10.6 Å². The summed E-state index contributed by atoms with van der Waals surface area (Å²) in [5, 5.41) is 17.6. The topological polar surface area (TPSA) is 56.7 Å². The van der Waals surface area contributed by atoms with E-state index in [0.717, 1.165) is 16.1 Å². The molecule has 0 spiro atoms. The van der Waals surface area contributed by atoms with Gasteiger partial charge in [0.2, 0.25) is 0 Å². The van der Waals surface area contributed by atoms with Crippen molar-refractivity contribution in [3.8, 4) is 0 Å². The van der Waals surface area contributed by atoms with Gasteiger partial charge in [-0.3, -0.25) is 4.99 Å². The maximum absolute atomic E-state index is 10.2. The summed E-state index contributed by atoms with van der Waals surface area (Å²) in [6.45, 7) is 0.426. The molecule has 8 heteroatoms. The summed E-state index contributed by atoms with van der Waals surface area (Å²) in [6, 6.07) is 4.13. The molecule has 3 unspecified atom stereocenters. The van der Waals surface area contributed by atoms with Crippen molar-refractivity contribution in [1.29, 1.82) is 0 Å². The summed E-state index contributed by atoms with van der Waals surface area (Å²) in [6.07, 6.45) is 6.54. The fraction of sp³-hybridized carbons (Fsp3) is 0.667. The summed E-state index contributed by atoms with van der Waals surface area (Å²) in [5.41, 5.74) is 0. The van der Waals surface area contributed by atoms with Crippen molar-refractivity contribution in [1.82, 2.24) is 10.6 Å². The summed E-state index contributed by atoms with van der Waals surface area (Å²) in [5.74, 6) is 0.758. The van der Waals surface area contributed by atoms with E-state index in [0.29, 0.717) is 16.9 Å². The molecule has 1 fully saturated rings. The second kappa shape index (κ2) is 11.0. The number of guanidine groups is 1. The van der Waals surface area contributed by atoms with Gasteiger partial charge in [0.1, 0.15) is 6.10 Å². The molecule has 2 rings (SSSR count). The first-order chi connectivity index (χ1) is 10.6. The minimum Gasteiger partial charge on any atom is -0.386 e. The molecule has 23 heavy (non-hydrogen) atoms. The van der Waals surface area contributed by atoms with Crippen molar-refractivity contribution >= 4 is 64.6 Å². The number of thioether (sulfide) groups is 1. The van der Waals surface area contributed by atoms with Gasteiger partial charge < -0.3 is 15.7 Å². The minimum absolute atomic E-state index is 0.